The number of hydrogen-bond acceptors (Lipinski definition) is 4. The van der Waals surface area contributed by atoms with Gasteiger partial charge in [-0.05, 0) is 31.5 Å². The van der Waals surface area contributed by atoms with E-state index in [0.29, 0.717) is 5.69 Å². The molecule has 1 heterocycles. The molecule has 1 atom stereocenters. The van der Waals surface area contributed by atoms with Gasteiger partial charge in [0.25, 0.3) is 5.69 Å². The van der Waals surface area contributed by atoms with Crippen molar-refractivity contribution in [2.75, 3.05) is 0 Å². The van der Waals surface area contributed by atoms with Crippen LogP contribution in [0.25, 0.3) is 0 Å². The van der Waals surface area contributed by atoms with E-state index in [0.717, 1.165) is 21.8 Å². The van der Waals surface area contributed by atoms with Crippen molar-refractivity contribution in [1.29, 1.82) is 0 Å². The number of hydrogen-bond donors (Lipinski definition) is 2. The molecule has 0 saturated heterocycles. The lowest BCUT2D eigenvalue weighted by molar-refractivity contribution is -0.706. The molecule has 2 N–H and O–H groups in total. The third-order valence-corrected chi connectivity index (χ3v) is 4.39. The maximum atomic E-state index is 9.29. The summed E-state index contributed by atoms with van der Waals surface area (Å²) >= 11 is 1.71. The molecule has 1 unspecified atom stereocenters. The summed E-state index contributed by atoms with van der Waals surface area (Å²) in [4.78, 5) is -0.274. The van der Waals surface area contributed by atoms with Crippen LogP contribution in [0, 0.1) is 0 Å². The van der Waals surface area contributed by atoms with Crippen molar-refractivity contribution in [2.24, 2.45) is 5.10 Å². The molecule has 0 spiro atoms. The molecule has 0 fully saturated rings. The monoisotopic (exact) mass is 302 g/mol. The van der Waals surface area contributed by atoms with Gasteiger partial charge < -0.3 is 0 Å². The first kappa shape index (κ1) is 15.4. The van der Waals surface area contributed by atoms with Crippen LogP contribution in [0.3, 0.4) is 0 Å². The highest BCUT2D eigenvalue weighted by atomic mass is 32.2. The van der Waals surface area contributed by atoms with Crippen molar-refractivity contribution in [3.05, 3.63) is 54.1 Å². The summed E-state index contributed by atoms with van der Waals surface area (Å²) in [5.41, 5.74) is 4.96. The van der Waals surface area contributed by atoms with E-state index in [1.165, 1.54) is 0 Å². The number of nitrogens with one attached hydrogen (secondary N) is 1. The molecular formula is C16H20N3OS+. The molecule has 1 aliphatic rings. The lowest BCUT2D eigenvalue weighted by atomic mass is 10.1. The summed E-state index contributed by atoms with van der Waals surface area (Å²) in [5.74, 6) is 0. The van der Waals surface area contributed by atoms with Crippen molar-refractivity contribution in [1.82, 2.24) is 5.43 Å². The summed E-state index contributed by atoms with van der Waals surface area (Å²) in [6, 6.07) is 7.61. The molecule has 1 aromatic carbocycles. The lowest BCUT2D eigenvalue weighted by Gasteiger charge is -2.22. The SMILES string of the molecule is C=[N+](O)c1ccc(C2(C)NN=C(C/C=C/C=C\C)S2)cc1. The van der Waals surface area contributed by atoms with Gasteiger partial charge in [0.05, 0.1) is 5.04 Å². The molecule has 110 valence electrons. The van der Waals surface area contributed by atoms with Gasteiger partial charge in [-0.3, -0.25) is 10.6 Å². The normalized spacial score (nSPS) is 21.7. The summed E-state index contributed by atoms with van der Waals surface area (Å²) in [6.07, 6.45) is 8.94. The van der Waals surface area contributed by atoms with Gasteiger partial charge in [-0.2, -0.15) is 5.10 Å². The van der Waals surface area contributed by atoms with Gasteiger partial charge in [-0.15, -0.1) is 0 Å². The molecule has 1 aromatic rings. The largest absolute Gasteiger partial charge is 0.289 e. The molecule has 4 nitrogen and oxygen atoms in total. The molecule has 0 radical (unpaired) electrons. The Morgan fingerprint density at radius 3 is 2.71 bits per heavy atom. The third-order valence-electron chi connectivity index (χ3n) is 3.16. The van der Waals surface area contributed by atoms with Gasteiger partial charge in [0.2, 0.25) is 0 Å². The summed E-state index contributed by atoms with van der Waals surface area (Å²) in [7, 11) is 0. The van der Waals surface area contributed by atoms with E-state index in [2.05, 4.69) is 30.2 Å². The highest BCUT2D eigenvalue weighted by Gasteiger charge is 2.33. The predicted molar refractivity (Wildman–Crippen MR) is 89.4 cm³/mol. The van der Waals surface area contributed by atoms with E-state index in [1.54, 1.807) is 11.8 Å². The minimum absolute atomic E-state index is 0.274. The second-order valence-corrected chi connectivity index (χ2v) is 6.35. The maximum absolute atomic E-state index is 9.29. The van der Waals surface area contributed by atoms with E-state index in [-0.39, 0.29) is 4.87 Å². The van der Waals surface area contributed by atoms with E-state index in [4.69, 9.17) is 0 Å². The zero-order valence-corrected chi connectivity index (χ0v) is 13.1. The van der Waals surface area contributed by atoms with Crippen LogP contribution in [-0.4, -0.2) is 21.7 Å². The molecule has 0 bridgehead atoms. The Balaban J connectivity index is 2.03. The van der Waals surface area contributed by atoms with Crippen molar-refractivity contribution in [3.63, 3.8) is 0 Å². The molecule has 5 heteroatoms. The van der Waals surface area contributed by atoms with Crippen molar-refractivity contribution in [3.8, 4) is 0 Å². The average Bonchev–Trinajstić information content (AvgIpc) is 2.87. The molecule has 2 rings (SSSR count). The van der Waals surface area contributed by atoms with E-state index >= 15 is 0 Å². The molecule has 1 aliphatic heterocycles. The number of thioether (sulfide) groups is 1. The fourth-order valence-corrected chi connectivity index (χ4v) is 3.06. The van der Waals surface area contributed by atoms with E-state index in [9.17, 15) is 5.21 Å². The Hall–Kier alpha value is -2.01. The molecular weight excluding hydrogens is 282 g/mol. The van der Waals surface area contributed by atoms with Crippen molar-refractivity contribution >= 4 is 29.2 Å². The fourth-order valence-electron chi connectivity index (χ4n) is 1.97. The minimum Gasteiger partial charge on any atom is -0.289 e. The van der Waals surface area contributed by atoms with Gasteiger partial charge >= 0.3 is 0 Å². The van der Waals surface area contributed by atoms with Crippen molar-refractivity contribution in [2.45, 2.75) is 25.1 Å². The summed E-state index contributed by atoms with van der Waals surface area (Å²) < 4.78 is 0.856. The molecule has 0 aliphatic carbocycles. The van der Waals surface area contributed by atoms with Crippen LogP contribution in [0.1, 0.15) is 25.8 Å². The quantitative estimate of drug-likeness (QED) is 0.286. The van der Waals surface area contributed by atoms with Crippen LogP contribution in [0.4, 0.5) is 5.69 Å². The Morgan fingerprint density at radius 1 is 1.38 bits per heavy atom. The molecule has 21 heavy (non-hydrogen) atoms. The third kappa shape index (κ3) is 3.76. The smallest absolute Gasteiger partial charge is 0.256 e. The Labute approximate surface area is 129 Å². The van der Waals surface area contributed by atoms with Gasteiger partial charge in [-0.25, -0.2) is 0 Å². The number of nitrogens with zero attached hydrogens (tertiary/aromatic N) is 2. The zero-order valence-electron chi connectivity index (χ0n) is 12.3. The van der Waals surface area contributed by atoms with Crippen LogP contribution in [0.5, 0.6) is 0 Å². The van der Waals surface area contributed by atoms with Crippen LogP contribution in [-0.2, 0) is 4.87 Å². The Kier molecular flexibility index (Phi) is 4.85. The topological polar surface area (TPSA) is 47.6 Å². The van der Waals surface area contributed by atoms with Gasteiger partial charge in [0.15, 0.2) is 6.72 Å². The number of benzene rings is 1. The molecule has 0 amide bonds. The highest BCUT2D eigenvalue weighted by Crippen LogP contribution is 2.39. The second kappa shape index (κ2) is 6.63. The minimum atomic E-state index is -0.274. The van der Waals surface area contributed by atoms with Crippen molar-refractivity contribution < 1.29 is 9.95 Å². The number of rotatable bonds is 5. The summed E-state index contributed by atoms with van der Waals surface area (Å²) in [6.45, 7) is 7.54. The van der Waals surface area contributed by atoms with Crippen LogP contribution < -0.4 is 5.43 Å². The average molecular weight is 302 g/mol. The van der Waals surface area contributed by atoms with Crippen LogP contribution >= 0.6 is 11.8 Å². The maximum Gasteiger partial charge on any atom is 0.256 e. The Bertz CT molecular complexity index is 604. The van der Waals surface area contributed by atoms with E-state index in [1.807, 2.05) is 49.4 Å². The standard InChI is InChI=1S/C16H20N3OS/c1-4-5-6-7-8-15-17-18-16(2,21-15)13-9-11-14(12-10-13)19(3)20/h4-7,9-12,18,20H,3,8H2,1-2H3/q+1/b5-4-,7-6+. The zero-order chi connectivity index (χ0) is 15.3. The molecule has 0 aromatic heterocycles. The summed E-state index contributed by atoms with van der Waals surface area (Å²) in [5, 5.41) is 14.8. The Morgan fingerprint density at radius 2 is 2.10 bits per heavy atom. The van der Waals surface area contributed by atoms with E-state index < -0.39 is 0 Å². The number of allylic oxidation sites excluding steroid dienone is 4. The van der Waals surface area contributed by atoms with Gasteiger partial charge in [0, 0.05) is 23.3 Å². The first-order valence-corrected chi connectivity index (χ1v) is 7.57. The molecule has 0 saturated carbocycles. The van der Waals surface area contributed by atoms with Gasteiger partial charge in [-0.1, -0.05) is 36.1 Å². The lowest BCUT2D eigenvalue weighted by Crippen LogP contribution is -2.28. The van der Waals surface area contributed by atoms with Gasteiger partial charge in [0.1, 0.15) is 4.87 Å². The predicted octanol–water partition coefficient (Wildman–Crippen LogP) is 3.77. The first-order valence-electron chi connectivity index (χ1n) is 6.76. The first-order chi connectivity index (χ1) is 10.0. The fraction of sp³-hybridized carbons (Fsp3) is 0.250. The number of hydrazone groups is 1. The van der Waals surface area contributed by atoms with Crippen LogP contribution in [0.2, 0.25) is 0 Å². The second-order valence-electron chi connectivity index (χ2n) is 4.86. The highest BCUT2D eigenvalue weighted by molar-refractivity contribution is 8.14. The van der Waals surface area contributed by atoms with Crippen LogP contribution in [0.15, 0.2) is 53.7 Å².